The third kappa shape index (κ3) is 9.84. The van der Waals surface area contributed by atoms with Crippen LogP contribution in [0.15, 0.2) is 102 Å². The maximum Gasteiger partial charge on any atom is 0.330 e. The molecule has 0 saturated heterocycles. The minimum Gasteiger partial charge on any atom is -0.497 e. The zero-order chi connectivity index (χ0) is 31.9. The number of carbonyl (C=O) groups excluding carboxylic acids is 1. The lowest BCUT2D eigenvalue weighted by Gasteiger charge is -2.18. The van der Waals surface area contributed by atoms with Crippen molar-refractivity contribution in [2.75, 3.05) is 20.3 Å². The van der Waals surface area contributed by atoms with E-state index in [-0.39, 0.29) is 6.61 Å². The Morgan fingerprint density at radius 2 is 1.47 bits per heavy atom. The molecule has 0 heterocycles. The molecule has 0 saturated carbocycles. The number of aliphatic hydroxyl groups excluding tert-OH is 1. The van der Waals surface area contributed by atoms with Crippen LogP contribution in [0.3, 0.4) is 0 Å². The summed E-state index contributed by atoms with van der Waals surface area (Å²) >= 11 is 0. The van der Waals surface area contributed by atoms with Crippen LogP contribution in [0.1, 0.15) is 59.6 Å². The van der Waals surface area contributed by atoms with E-state index in [2.05, 4.69) is 16.8 Å². The van der Waals surface area contributed by atoms with Crippen LogP contribution in [0.5, 0.6) is 11.5 Å². The van der Waals surface area contributed by atoms with E-state index in [4.69, 9.17) is 19.1 Å². The van der Waals surface area contributed by atoms with E-state index in [1.807, 2.05) is 66.7 Å². The minimum absolute atomic E-state index is 0.220. The molecule has 0 aliphatic carbocycles. The monoisotopic (exact) mass is 610 g/mol. The molecule has 1 atom stereocenters. The first-order chi connectivity index (χ1) is 22.0. The summed E-state index contributed by atoms with van der Waals surface area (Å²) in [6.07, 6.45) is 7.22. The molecule has 0 aliphatic rings. The van der Waals surface area contributed by atoms with Crippen LogP contribution in [-0.4, -0.2) is 49.1 Å². The van der Waals surface area contributed by atoms with Crippen LogP contribution in [-0.2, 0) is 21.0 Å². The zero-order valence-corrected chi connectivity index (χ0v) is 25.3. The maximum absolute atomic E-state index is 11.1. The molecule has 9 heteroatoms. The molecule has 0 amide bonds. The summed E-state index contributed by atoms with van der Waals surface area (Å²) in [4.78, 5) is 16.0. The van der Waals surface area contributed by atoms with Crippen molar-refractivity contribution in [3.63, 3.8) is 0 Å². The first kappa shape index (κ1) is 33.1. The van der Waals surface area contributed by atoms with Gasteiger partial charge in [0.25, 0.3) is 0 Å². The van der Waals surface area contributed by atoms with Gasteiger partial charge in [-0.05, 0) is 107 Å². The Morgan fingerprint density at radius 3 is 2.18 bits per heavy atom. The molecule has 234 valence electrons. The van der Waals surface area contributed by atoms with Gasteiger partial charge in [-0.25, -0.2) is 9.68 Å². The molecule has 1 unspecified atom stereocenters. The Morgan fingerprint density at radius 1 is 0.822 bits per heavy atom. The topological polar surface area (TPSA) is 119 Å². The summed E-state index contributed by atoms with van der Waals surface area (Å²) in [6, 6.07) is 24.7. The predicted octanol–water partition coefficient (Wildman–Crippen LogP) is 7.04. The quantitative estimate of drug-likeness (QED) is 0.0329. The fourth-order valence-electron chi connectivity index (χ4n) is 4.73. The summed E-state index contributed by atoms with van der Waals surface area (Å²) in [5.74, 6) is 0.961. The molecule has 2 N–H and O–H groups in total. The maximum atomic E-state index is 11.1. The number of ether oxygens (including phenoxy) is 3. The van der Waals surface area contributed by atoms with E-state index >= 15 is 0 Å². The van der Waals surface area contributed by atoms with Crippen LogP contribution in [0.2, 0.25) is 0 Å². The van der Waals surface area contributed by atoms with E-state index in [0.717, 1.165) is 65.0 Å². The van der Waals surface area contributed by atoms with Gasteiger partial charge in [0, 0.05) is 11.6 Å². The van der Waals surface area contributed by atoms with Crippen LogP contribution in [0, 0.1) is 0 Å². The van der Waals surface area contributed by atoms with Crippen molar-refractivity contribution in [2.24, 2.45) is 10.2 Å². The summed E-state index contributed by atoms with van der Waals surface area (Å²) in [6.45, 7) is 4.02. The highest BCUT2D eigenvalue weighted by molar-refractivity contribution is 5.91. The van der Waals surface area contributed by atoms with Crippen LogP contribution in [0.25, 0.3) is 10.8 Å². The van der Waals surface area contributed by atoms with Gasteiger partial charge >= 0.3 is 5.97 Å². The van der Waals surface area contributed by atoms with Gasteiger partial charge < -0.3 is 19.3 Å². The first-order valence-corrected chi connectivity index (χ1v) is 14.7. The number of unbranched alkanes of at least 4 members (excludes halogenated alkanes) is 3. The van der Waals surface area contributed by atoms with Crippen molar-refractivity contribution < 1.29 is 34.3 Å². The summed E-state index contributed by atoms with van der Waals surface area (Å²) in [7, 11) is 1.63. The van der Waals surface area contributed by atoms with Crippen molar-refractivity contribution in [3.05, 3.63) is 119 Å². The van der Waals surface area contributed by atoms with Crippen molar-refractivity contribution >= 4 is 29.2 Å². The molecule has 4 aromatic carbocycles. The van der Waals surface area contributed by atoms with Gasteiger partial charge in [0.1, 0.15) is 17.6 Å². The molecule has 9 nitrogen and oxygen atoms in total. The molecule has 0 radical (unpaired) electrons. The number of benzene rings is 4. The molecule has 4 aromatic rings. The highest BCUT2D eigenvalue weighted by Gasteiger charge is 2.18. The van der Waals surface area contributed by atoms with Gasteiger partial charge in [-0.15, -0.1) is 0 Å². The van der Waals surface area contributed by atoms with E-state index in [1.165, 1.54) is 0 Å². The second-order valence-corrected chi connectivity index (χ2v) is 10.3. The van der Waals surface area contributed by atoms with Gasteiger partial charge in [0.2, 0.25) is 0 Å². The third-order valence-electron chi connectivity index (χ3n) is 7.16. The number of rotatable bonds is 17. The molecule has 0 bridgehead atoms. The molecule has 0 aromatic heterocycles. The number of hydrogen-bond donors (Lipinski definition) is 2. The molecule has 4 rings (SSSR count). The van der Waals surface area contributed by atoms with Gasteiger partial charge in [0.15, 0.2) is 0 Å². The smallest absolute Gasteiger partial charge is 0.330 e. The largest absolute Gasteiger partial charge is 0.497 e. The van der Waals surface area contributed by atoms with Gasteiger partial charge in [-0.2, -0.15) is 10.2 Å². The SMILES string of the molecule is C=CC(=O)OCCCCCCOc1ccc(C(OO)c2ccc3cc(C=NN=Cc4ccc(OC)cc4)ccc3c2)cc1CO. The predicted molar refractivity (Wildman–Crippen MR) is 175 cm³/mol. The lowest BCUT2D eigenvalue weighted by Crippen LogP contribution is -2.07. The molecule has 0 aliphatic heterocycles. The molecule has 0 fully saturated rings. The Kier molecular flexibility index (Phi) is 12.8. The molecular weight excluding hydrogens is 572 g/mol. The Bertz CT molecular complexity index is 1620. The lowest BCUT2D eigenvalue weighted by atomic mass is 9.96. The van der Waals surface area contributed by atoms with Crippen LogP contribution < -0.4 is 9.47 Å². The van der Waals surface area contributed by atoms with E-state index in [0.29, 0.717) is 30.1 Å². The number of esters is 1. The van der Waals surface area contributed by atoms with Crippen molar-refractivity contribution in [2.45, 2.75) is 38.4 Å². The Labute approximate surface area is 263 Å². The fraction of sp³-hybridized carbons (Fsp3) is 0.250. The standard InChI is InChI=1S/C36H38N2O7/c1-3-35(40)44-19-7-5-4-6-18-43-34-17-14-31(22-32(34)25-39)36(45-41)30-13-12-28-20-27(8-11-29(28)21-30)24-38-37-23-26-9-15-33(42-2)16-10-26/h3,8-17,20-24,36,39,41H,1,4-7,18-19,25H2,2H3. The van der Waals surface area contributed by atoms with E-state index < -0.39 is 12.1 Å². The number of carbonyl (C=O) groups is 1. The average molecular weight is 611 g/mol. The Balaban J connectivity index is 1.35. The molecule has 45 heavy (non-hydrogen) atoms. The number of methoxy groups -OCH3 is 1. The zero-order valence-electron chi connectivity index (χ0n) is 25.3. The van der Waals surface area contributed by atoms with Gasteiger partial charge in [0.05, 0.1) is 39.4 Å². The van der Waals surface area contributed by atoms with Crippen LogP contribution in [0.4, 0.5) is 0 Å². The second-order valence-electron chi connectivity index (χ2n) is 10.3. The Hall–Kier alpha value is -4.83. The summed E-state index contributed by atoms with van der Waals surface area (Å²) in [5, 5.41) is 30.1. The summed E-state index contributed by atoms with van der Waals surface area (Å²) in [5.41, 5.74) is 3.86. The van der Waals surface area contributed by atoms with Crippen molar-refractivity contribution in [1.82, 2.24) is 0 Å². The van der Waals surface area contributed by atoms with E-state index in [9.17, 15) is 15.2 Å². The average Bonchev–Trinajstić information content (AvgIpc) is 3.08. The van der Waals surface area contributed by atoms with Gasteiger partial charge in [-0.1, -0.05) is 36.9 Å². The number of fused-ring (bicyclic) bond motifs is 1. The number of nitrogens with zero attached hydrogens (tertiary/aromatic N) is 2. The fourth-order valence-corrected chi connectivity index (χ4v) is 4.73. The number of aliphatic hydroxyl groups is 1. The van der Waals surface area contributed by atoms with E-state index in [1.54, 1.807) is 31.7 Å². The van der Waals surface area contributed by atoms with Crippen LogP contribution >= 0.6 is 0 Å². The first-order valence-electron chi connectivity index (χ1n) is 14.7. The highest BCUT2D eigenvalue weighted by Crippen LogP contribution is 2.31. The summed E-state index contributed by atoms with van der Waals surface area (Å²) < 4.78 is 16.1. The van der Waals surface area contributed by atoms with Gasteiger partial charge in [-0.3, -0.25) is 5.26 Å². The van der Waals surface area contributed by atoms with Crippen molar-refractivity contribution in [3.8, 4) is 11.5 Å². The third-order valence-corrected chi connectivity index (χ3v) is 7.16. The highest BCUT2D eigenvalue weighted by atomic mass is 17.1. The second kappa shape index (κ2) is 17.5. The minimum atomic E-state index is -0.752. The normalized spacial score (nSPS) is 12.1. The lowest BCUT2D eigenvalue weighted by molar-refractivity contribution is -0.270. The van der Waals surface area contributed by atoms with Crippen molar-refractivity contribution in [1.29, 1.82) is 0 Å². The molecular formula is C36H38N2O7. The molecule has 0 spiro atoms. The number of hydrogen-bond acceptors (Lipinski definition) is 9.